The maximum absolute atomic E-state index is 6.30. The number of piperidine rings is 2. The molecule has 3 heteroatoms. The highest BCUT2D eigenvalue weighted by Crippen LogP contribution is 2.43. The van der Waals surface area contributed by atoms with Gasteiger partial charge in [-0.15, -0.1) is 0 Å². The first-order valence-corrected chi connectivity index (χ1v) is 8.33. The Bertz CT molecular complexity index is 319. The van der Waals surface area contributed by atoms with Crippen molar-refractivity contribution in [3.63, 3.8) is 0 Å². The molecule has 0 spiro atoms. The summed E-state index contributed by atoms with van der Waals surface area (Å²) in [7, 11) is 2.26. The van der Waals surface area contributed by atoms with Crippen molar-refractivity contribution >= 4 is 0 Å². The molecule has 2 saturated heterocycles. The van der Waals surface area contributed by atoms with Crippen molar-refractivity contribution in [1.82, 2.24) is 9.80 Å². The second-order valence-corrected chi connectivity index (χ2v) is 7.31. The Morgan fingerprint density at radius 3 is 2.68 bits per heavy atom. The topological polar surface area (TPSA) is 32.5 Å². The predicted octanol–water partition coefficient (Wildman–Crippen LogP) is 2.06. The number of likely N-dealkylation sites (tertiary alicyclic amines) is 2. The largest absolute Gasteiger partial charge is 0.329 e. The van der Waals surface area contributed by atoms with Crippen LogP contribution in [0.2, 0.25) is 0 Å². The van der Waals surface area contributed by atoms with Crippen molar-refractivity contribution in [2.24, 2.45) is 11.7 Å². The van der Waals surface area contributed by atoms with Gasteiger partial charge < -0.3 is 10.6 Å². The lowest BCUT2D eigenvalue weighted by Gasteiger charge is -2.55. The number of hydrogen-bond donors (Lipinski definition) is 1. The summed E-state index contributed by atoms with van der Waals surface area (Å²) in [6, 6.07) is 1.53. The molecule has 4 atom stereocenters. The predicted molar refractivity (Wildman–Crippen MR) is 80.2 cm³/mol. The fourth-order valence-electron chi connectivity index (χ4n) is 5.02. The van der Waals surface area contributed by atoms with Crippen LogP contribution >= 0.6 is 0 Å². The Kier molecular flexibility index (Phi) is 3.89. The SMILES string of the molecule is CC1CC(CN)(N2CCCC3CCCC32)CCN1C. The van der Waals surface area contributed by atoms with Crippen LogP contribution in [0.3, 0.4) is 0 Å². The van der Waals surface area contributed by atoms with E-state index in [0.29, 0.717) is 11.6 Å². The zero-order valence-corrected chi connectivity index (χ0v) is 12.8. The van der Waals surface area contributed by atoms with Crippen molar-refractivity contribution in [3.05, 3.63) is 0 Å². The van der Waals surface area contributed by atoms with Crippen LogP contribution in [0.4, 0.5) is 0 Å². The van der Waals surface area contributed by atoms with E-state index in [0.717, 1.165) is 18.5 Å². The standard InChI is InChI=1S/C16H31N3/c1-13-11-16(12-17,8-10-18(13)2)19-9-4-6-14-5-3-7-15(14)19/h13-15H,3-12,17H2,1-2H3. The maximum atomic E-state index is 6.30. The van der Waals surface area contributed by atoms with Crippen LogP contribution in [-0.2, 0) is 0 Å². The number of nitrogens with two attached hydrogens (primary N) is 1. The van der Waals surface area contributed by atoms with E-state index in [9.17, 15) is 0 Å². The van der Waals surface area contributed by atoms with E-state index in [4.69, 9.17) is 5.73 Å². The zero-order valence-electron chi connectivity index (χ0n) is 12.8. The molecule has 0 bridgehead atoms. The highest BCUT2D eigenvalue weighted by Gasteiger charge is 2.47. The van der Waals surface area contributed by atoms with Crippen LogP contribution in [-0.4, -0.2) is 54.1 Å². The Balaban J connectivity index is 1.80. The maximum Gasteiger partial charge on any atom is 0.0361 e. The first kappa shape index (κ1) is 13.8. The van der Waals surface area contributed by atoms with E-state index in [-0.39, 0.29) is 0 Å². The van der Waals surface area contributed by atoms with Crippen molar-refractivity contribution in [2.75, 3.05) is 26.7 Å². The van der Waals surface area contributed by atoms with Gasteiger partial charge in [-0.25, -0.2) is 0 Å². The van der Waals surface area contributed by atoms with Gasteiger partial charge in [-0.2, -0.15) is 0 Å². The molecule has 2 N–H and O–H groups in total. The summed E-state index contributed by atoms with van der Waals surface area (Å²) in [6.45, 7) is 5.75. The lowest BCUT2D eigenvalue weighted by atomic mass is 9.78. The van der Waals surface area contributed by atoms with E-state index in [1.165, 1.54) is 58.0 Å². The zero-order chi connectivity index (χ0) is 13.5. The molecule has 3 nitrogen and oxygen atoms in total. The first-order chi connectivity index (χ1) is 9.16. The highest BCUT2D eigenvalue weighted by molar-refractivity contribution is 5.04. The Morgan fingerprint density at radius 2 is 1.95 bits per heavy atom. The Morgan fingerprint density at radius 1 is 1.16 bits per heavy atom. The molecule has 19 heavy (non-hydrogen) atoms. The van der Waals surface area contributed by atoms with E-state index in [1.807, 2.05) is 0 Å². The van der Waals surface area contributed by atoms with Gasteiger partial charge in [-0.05, 0) is 71.5 Å². The summed E-state index contributed by atoms with van der Waals surface area (Å²) >= 11 is 0. The van der Waals surface area contributed by atoms with Crippen molar-refractivity contribution in [2.45, 2.75) is 69.5 Å². The van der Waals surface area contributed by atoms with E-state index < -0.39 is 0 Å². The summed E-state index contributed by atoms with van der Waals surface area (Å²) in [6.07, 6.45) is 9.75. The quantitative estimate of drug-likeness (QED) is 0.829. The number of rotatable bonds is 2. The molecule has 2 aliphatic heterocycles. The first-order valence-electron chi connectivity index (χ1n) is 8.33. The van der Waals surface area contributed by atoms with Crippen LogP contribution in [0.5, 0.6) is 0 Å². The van der Waals surface area contributed by atoms with Gasteiger partial charge in [-0.1, -0.05) is 6.42 Å². The van der Waals surface area contributed by atoms with Gasteiger partial charge in [-0.3, -0.25) is 4.90 Å². The highest BCUT2D eigenvalue weighted by atomic mass is 15.3. The van der Waals surface area contributed by atoms with Crippen LogP contribution in [0.25, 0.3) is 0 Å². The normalized spacial score (nSPS) is 45.3. The molecule has 4 unspecified atom stereocenters. The third kappa shape index (κ3) is 2.34. The molecule has 0 radical (unpaired) electrons. The molecule has 0 aromatic carbocycles. The van der Waals surface area contributed by atoms with Gasteiger partial charge in [0.05, 0.1) is 0 Å². The molecular weight excluding hydrogens is 234 g/mol. The molecule has 0 aromatic rings. The van der Waals surface area contributed by atoms with E-state index >= 15 is 0 Å². The molecule has 3 fully saturated rings. The van der Waals surface area contributed by atoms with Gasteiger partial charge in [0.1, 0.15) is 0 Å². The lowest BCUT2D eigenvalue weighted by Crippen LogP contribution is -2.65. The number of fused-ring (bicyclic) bond motifs is 1. The van der Waals surface area contributed by atoms with Crippen LogP contribution in [0, 0.1) is 5.92 Å². The molecular formula is C16H31N3. The van der Waals surface area contributed by atoms with Gasteiger partial charge in [0.25, 0.3) is 0 Å². The average Bonchev–Trinajstić information content (AvgIpc) is 2.90. The van der Waals surface area contributed by atoms with Gasteiger partial charge in [0, 0.05) is 24.2 Å². The minimum absolute atomic E-state index is 0.305. The fourth-order valence-corrected chi connectivity index (χ4v) is 5.02. The third-order valence-corrected chi connectivity index (χ3v) is 6.34. The fraction of sp³-hybridized carbons (Fsp3) is 1.00. The monoisotopic (exact) mass is 265 g/mol. The lowest BCUT2D eigenvalue weighted by molar-refractivity contribution is -0.0433. The van der Waals surface area contributed by atoms with Crippen LogP contribution in [0.1, 0.15) is 51.9 Å². The van der Waals surface area contributed by atoms with Gasteiger partial charge in [0.2, 0.25) is 0 Å². The Hall–Kier alpha value is -0.120. The van der Waals surface area contributed by atoms with Gasteiger partial charge in [0.15, 0.2) is 0 Å². The number of nitrogens with zero attached hydrogens (tertiary/aromatic N) is 2. The minimum Gasteiger partial charge on any atom is -0.329 e. The molecule has 0 aromatic heterocycles. The summed E-state index contributed by atoms with van der Waals surface area (Å²) in [5.41, 5.74) is 6.60. The van der Waals surface area contributed by atoms with Crippen molar-refractivity contribution in [1.29, 1.82) is 0 Å². The Labute approximate surface area is 118 Å². The smallest absolute Gasteiger partial charge is 0.0361 e. The summed E-state index contributed by atoms with van der Waals surface area (Å²) in [5.74, 6) is 0.979. The second kappa shape index (κ2) is 5.34. The van der Waals surface area contributed by atoms with Gasteiger partial charge >= 0.3 is 0 Å². The van der Waals surface area contributed by atoms with Crippen LogP contribution in [0.15, 0.2) is 0 Å². The van der Waals surface area contributed by atoms with E-state index in [2.05, 4.69) is 23.8 Å². The molecule has 2 heterocycles. The molecule has 3 aliphatic rings. The minimum atomic E-state index is 0.305. The molecule has 3 rings (SSSR count). The van der Waals surface area contributed by atoms with Crippen LogP contribution < -0.4 is 5.73 Å². The summed E-state index contributed by atoms with van der Waals surface area (Å²) in [5, 5.41) is 0. The second-order valence-electron chi connectivity index (χ2n) is 7.31. The summed E-state index contributed by atoms with van der Waals surface area (Å²) in [4.78, 5) is 5.38. The molecule has 1 aliphatic carbocycles. The average molecular weight is 265 g/mol. The molecule has 1 saturated carbocycles. The molecule has 0 amide bonds. The third-order valence-electron chi connectivity index (χ3n) is 6.34. The van der Waals surface area contributed by atoms with Crippen molar-refractivity contribution in [3.8, 4) is 0 Å². The summed E-state index contributed by atoms with van der Waals surface area (Å²) < 4.78 is 0. The van der Waals surface area contributed by atoms with Crippen molar-refractivity contribution < 1.29 is 0 Å². The van der Waals surface area contributed by atoms with E-state index in [1.54, 1.807) is 0 Å². The number of hydrogen-bond acceptors (Lipinski definition) is 3. The molecule has 110 valence electrons.